The molecule has 0 heterocycles. The molecule has 0 aromatic heterocycles. The van der Waals surface area contributed by atoms with Crippen LogP contribution in [0.25, 0.3) is 0 Å². The van der Waals surface area contributed by atoms with E-state index >= 15 is 0 Å². The fourth-order valence-corrected chi connectivity index (χ4v) is 3.09. The molecule has 0 spiro atoms. The van der Waals surface area contributed by atoms with E-state index in [-0.39, 0.29) is 0 Å². The van der Waals surface area contributed by atoms with Gasteiger partial charge in [0.1, 0.15) is 0 Å². The molecule has 17 heavy (non-hydrogen) atoms. The Kier molecular flexibility index (Phi) is 7.14. The van der Waals surface area contributed by atoms with Crippen molar-refractivity contribution in [1.82, 2.24) is 10.2 Å². The molecule has 0 radical (unpaired) electrons. The fourth-order valence-electron chi connectivity index (χ4n) is 3.09. The summed E-state index contributed by atoms with van der Waals surface area (Å²) in [5, 5.41) is 3.53. The van der Waals surface area contributed by atoms with Crippen molar-refractivity contribution < 1.29 is 0 Å². The van der Waals surface area contributed by atoms with E-state index < -0.39 is 0 Å². The SMILES string of the molecule is CCN(C(C)CCNC(C)C)C1CCCCC1. The first-order valence-electron chi connectivity index (χ1n) is 7.64. The van der Waals surface area contributed by atoms with Crippen molar-refractivity contribution in [3.05, 3.63) is 0 Å². The van der Waals surface area contributed by atoms with Gasteiger partial charge in [0.15, 0.2) is 0 Å². The molecule has 0 amide bonds. The van der Waals surface area contributed by atoms with E-state index in [9.17, 15) is 0 Å². The van der Waals surface area contributed by atoms with Crippen LogP contribution in [0.4, 0.5) is 0 Å². The predicted octanol–water partition coefficient (Wildman–Crippen LogP) is 3.42. The molecule has 2 nitrogen and oxygen atoms in total. The summed E-state index contributed by atoms with van der Waals surface area (Å²) in [4.78, 5) is 2.74. The van der Waals surface area contributed by atoms with Gasteiger partial charge in [-0.3, -0.25) is 4.90 Å². The zero-order valence-corrected chi connectivity index (χ0v) is 12.3. The highest BCUT2D eigenvalue weighted by molar-refractivity contribution is 4.79. The third kappa shape index (κ3) is 5.39. The smallest absolute Gasteiger partial charge is 0.00979 e. The maximum absolute atomic E-state index is 3.53. The number of nitrogens with one attached hydrogen (secondary N) is 1. The van der Waals surface area contributed by atoms with Gasteiger partial charge in [-0.05, 0) is 39.3 Å². The van der Waals surface area contributed by atoms with Crippen LogP contribution in [-0.4, -0.2) is 36.1 Å². The molecule has 0 aromatic carbocycles. The van der Waals surface area contributed by atoms with Gasteiger partial charge in [-0.1, -0.05) is 40.0 Å². The van der Waals surface area contributed by atoms with E-state index in [0.717, 1.165) is 18.6 Å². The molecule has 102 valence electrons. The minimum Gasteiger partial charge on any atom is -0.314 e. The lowest BCUT2D eigenvalue weighted by molar-refractivity contribution is 0.113. The Morgan fingerprint density at radius 3 is 2.29 bits per heavy atom. The first kappa shape index (κ1) is 15.0. The van der Waals surface area contributed by atoms with E-state index in [2.05, 4.69) is 37.9 Å². The van der Waals surface area contributed by atoms with Gasteiger partial charge in [0.2, 0.25) is 0 Å². The lowest BCUT2D eigenvalue weighted by Crippen LogP contribution is -2.44. The molecule has 2 heteroatoms. The van der Waals surface area contributed by atoms with Crippen LogP contribution in [0.2, 0.25) is 0 Å². The molecule has 0 aliphatic heterocycles. The Morgan fingerprint density at radius 1 is 1.12 bits per heavy atom. The molecule has 1 saturated carbocycles. The van der Waals surface area contributed by atoms with Crippen LogP contribution in [0.3, 0.4) is 0 Å². The minimum atomic E-state index is 0.618. The van der Waals surface area contributed by atoms with Crippen molar-refractivity contribution in [3.63, 3.8) is 0 Å². The minimum absolute atomic E-state index is 0.618. The molecule has 0 aromatic rings. The van der Waals surface area contributed by atoms with Crippen molar-refractivity contribution in [2.75, 3.05) is 13.1 Å². The van der Waals surface area contributed by atoms with Gasteiger partial charge in [-0.15, -0.1) is 0 Å². The first-order chi connectivity index (χ1) is 8.15. The molecule has 1 aliphatic rings. The fraction of sp³-hybridized carbons (Fsp3) is 1.00. The summed E-state index contributed by atoms with van der Waals surface area (Å²) >= 11 is 0. The number of rotatable bonds is 7. The quantitative estimate of drug-likeness (QED) is 0.733. The molecule has 1 fully saturated rings. The topological polar surface area (TPSA) is 15.3 Å². The highest BCUT2D eigenvalue weighted by Gasteiger charge is 2.23. The average molecular weight is 240 g/mol. The molecule has 0 saturated heterocycles. The van der Waals surface area contributed by atoms with Crippen LogP contribution in [0.5, 0.6) is 0 Å². The summed E-state index contributed by atoms with van der Waals surface area (Å²) in [6.07, 6.45) is 8.47. The van der Waals surface area contributed by atoms with Gasteiger partial charge < -0.3 is 5.32 Å². The third-order valence-electron chi connectivity index (χ3n) is 4.09. The summed E-state index contributed by atoms with van der Waals surface area (Å²) < 4.78 is 0. The summed E-state index contributed by atoms with van der Waals surface area (Å²) in [5.41, 5.74) is 0. The molecule has 1 aliphatic carbocycles. The van der Waals surface area contributed by atoms with Gasteiger partial charge in [0.25, 0.3) is 0 Å². The molecule has 1 N–H and O–H groups in total. The Bertz CT molecular complexity index is 185. The van der Waals surface area contributed by atoms with Crippen LogP contribution in [0, 0.1) is 0 Å². The van der Waals surface area contributed by atoms with Crippen molar-refractivity contribution in [2.45, 2.75) is 84.3 Å². The monoisotopic (exact) mass is 240 g/mol. The molecule has 1 rings (SSSR count). The molecule has 1 unspecified atom stereocenters. The van der Waals surface area contributed by atoms with Gasteiger partial charge in [-0.2, -0.15) is 0 Å². The Hall–Kier alpha value is -0.0800. The summed E-state index contributed by atoms with van der Waals surface area (Å²) in [6, 6.07) is 2.21. The van der Waals surface area contributed by atoms with E-state index in [4.69, 9.17) is 0 Å². The maximum Gasteiger partial charge on any atom is 0.00979 e. The van der Waals surface area contributed by atoms with Crippen molar-refractivity contribution in [1.29, 1.82) is 0 Å². The van der Waals surface area contributed by atoms with Crippen LogP contribution in [0.1, 0.15) is 66.2 Å². The predicted molar refractivity (Wildman–Crippen MR) is 76.5 cm³/mol. The molecule has 1 atom stereocenters. The average Bonchev–Trinajstić information content (AvgIpc) is 2.31. The Balaban J connectivity index is 2.31. The third-order valence-corrected chi connectivity index (χ3v) is 4.09. The van der Waals surface area contributed by atoms with Crippen LogP contribution in [-0.2, 0) is 0 Å². The lowest BCUT2D eigenvalue weighted by Gasteiger charge is -2.38. The zero-order valence-electron chi connectivity index (χ0n) is 12.3. The second-order valence-corrected chi connectivity index (χ2v) is 5.87. The molecular weight excluding hydrogens is 208 g/mol. The normalized spacial score (nSPS) is 20.1. The zero-order chi connectivity index (χ0) is 12.7. The first-order valence-corrected chi connectivity index (χ1v) is 7.64. The second-order valence-electron chi connectivity index (χ2n) is 5.87. The largest absolute Gasteiger partial charge is 0.314 e. The van der Waals surface area contributed by atoms with Gasteiger partial charge >= 0.3 is 0 Å². The van der Waals surface area contributed by atoms with Gasteiger partial charge in [0.05, 0.1) is 0 Å². The Labute approximate surface area is 108 Å². The number of hydrogen-bond donors (Lipinski definition) is 1. The number of hydrogen-bond acceptors (Lipinski definition) is 2. The standard InChI is InChI=1S/C15H32N2/c1-5-17(15-9-7-6-8-10-15)14(4)11-12-16-13(2)3/h13-16H,5-12H2,1-4H3. The number of nitrogens with zero attached hydrogens (tertiary/aromatic N) is 1. The van der Waals surface area contributed by atoms with E-state index in [0.29, 0.717) is 6.04 Å². The van der Waals surface area contributed by atoms with Crippen molar-refractivity contribution in [3.8, 4) is 0 Å². The van der Waals surface area contributed by atoms with Gasteiger partial charge in [0, 0.05) is 18.1 Å². The lowest BCUT2D eigenvalue weighted by atomic mass is 9.93. The van der Waals surface area contributed by atoms with Gasteiger partial charge in [-0.25, -0.2) is 0 Å². The van der Waals surface area contributed by atoms with Crippen LogP contribution in [0.15, 0.2) is 0 Å². The summed E-state index contributed by atoms with van der Waals surface area (Å²) in [5.74, 6) is 0. The van der Waals surface area contributed by atoms with E-state index in [1.807, 2.05) is 0 Å². The highest BCUT2D eigenvalue weighted by Crippen LogP contribution is 2.24. The van der Waals surface area contributed by atoms with Crippen LogP contribution >= 0.6 is 0 Å². The molecular formula is C15H32N2. The van der Waals surface area contributed by atoms with Crippen molar-refractivity contribution >= 4 is 0 Å². The molecule has 0 bridgehead atoms. The van der Waals surface area contributed by atoms with Crippen molar-refractivity contribution in [2.24, 2.45) is 0 Å². The maximum atomic E-state index is 3.53. The van der Waals surface area contributed by atoms with E-state index in [1.165, 1.54) is 45.1 Å². The summed E-state index contributed by atoms with van der Waals surface area (Å²) in [7, 11) is 0. The second kappa shape index (κ2) is 8.10. The van der Waals surface area contributed by atoms with E-state index in [1.54, 1.807) is 0 Å². The highest BCUT2D eigenvalue weighted by atomic mass is 15.2. The Morgan fingerprint density at radius 2 is 1.76 bits per heavy atom. The summed E-state index contributed by atoms with van der Waals surface area (Å²) in [6.45, 7) is 11.5. The van der Waals surface area contributed by atoms with Crippen LogP contribution < -0.4 is 5.32 Å².